The summed E-state index contributed by atoms with van der Waals surface area (Å²) in [6, 6.07) is 31.1. The normalized spacial score (nSPS) is 10.3. The van der Waals surface area contributed by atoms with E-state index in [1.165, 1.54) is 5.56 Å². The van der Waals surface area contributed by atoms with Gasteiger partial charge in [0.2, 0.25) is 0 Å². The van der Waals surface area contributed by atoms with Crippen molar-refractivity contribution in [2.45, 2.75) is 6.42 Å². The molecule has 3 rings (SSSR count). The molecule has 0 aliphatic carbocycles. The van der Waals surface area contributed by atoms with E-state index in [2.05, 4.69) is 84.2 Å². The number of benzene rings is 3. The molecular formula is C20H17N. The van der Waals surface area contributed by atoms with Crippen molar-refractivity contribution in [3.05, 3.63) is 103 Å². The molecule has 0 saturated carbocycles. The number of rotatable bonds is 5. The molecule has 0 atom stereocenters. The second-order valence-corrected chi connectivity index (χ2v) is 4.83. The third kappa shape index (κ3) is 3.51. The van der Waals surface area contributed by atoms with Crippen LogP contribution >= 0.6 is 0 Å². The molecule has 3 aromatic carbocycles. The van der Waals surface area contributed by atoms with Crippen molar-refractivity contribution in [3.8, 4) is 0 Å². The molecule has 0 N–H and O–H groups in total. The maximum Gasteiger partial charge on any atom is 0.101 e. The van der Waals surface area contributed by atoms with Gasteiger partial charge in [-0.2, -0.15) is 0 Å². The summed E-state index contributed by atoms with van der Waals surface area (Å²) in [5.41, 5.74) is 3.51. The van der Waals surface area contributed by atoms with Gasteiger partial charge >= 0.3 is 0 Å². The van der Waals surface area contributed by atoms with E-state index < -0.39 is 0 Å². The van der Waals surface area contributed by atoms with Crippen LogP contribution in [0, 0.1) is 6.54 Å². The molecule has 1 nitrogen and oxygen atoms in total. The van der Waals surface area contributed by atoms with Gasteiger partial charge in [0.15, 0.2) is 0 Å². The minimum absolute atomic E-state index is 0.782. The van der Waals surface area contributed by atoms with Crippen molar-refractivity contribution in [3.63, 3.8) is 0 Å². The van der Waals surface area contributed by atoms with E-state index in [0.717, 1.165) is 17.8 Å². The van der Waals surface area contributed by atoms with E-state index in [1.54, 1.807) is 0 Å². The summed E-state index contributed by atoms with van der Waals surface area (Å²) >= 11 is 0. The highest BCUT2D eigenvalue weighted by Crippen LogP contribution is 2.26. The first kappa shape index (κ1) is 13.4. The Morgan fingerprint density at radius 2 is 1.00 bits per heavy atom. The molecule has 0 spiro atoms. The molecular weight excluding hydrogens is 254 g/mol. The Bertz CT molecular complexity index is 608. The highest BCUT2D eigenvalue weighted by molar-refractivity contribution is 5.64. The van der Waals surface area contributed by atoms with Crippen LogP contribution in [0.3, 0.4) is 0 Å². The van der Waals surface area contributed by atoms with Crippen LogP contribution in [-0.4, -0.2) is 0 Å². The summed E-state index contributed by atoms with van der Waals surface area (Å²) in [5, 5.41) is 0. The summed E-state index contributed by atoms with van der Waals surface area (Å²) < 4.78 is 0. The summed E-state index contributed by atoms with van der Waals surface area (Å²) in [6.45, 7) is 3.50. The second kappa shape index (κ2) is 6.76. The number of hydrogen-bond donors (Lipinski definition) is 0. The molecule has 21 heavy (non-hydrogen) atoms. The van der Waals surface area contributed by atoms with Crippen molar-refractivity contribution in [2.75, 3.05) is 4.90 Å². The first-order valence-corrected chi connectivity index (χ1v) is 7.11. The first-order chi connectivity index (χ1) is 10.4. The minimum atomic E-state index is 0.782. The van der Waals surface area contributed by atoms with E-state index in [0.29, 0.717) is 0 Å². The smallest absolute Gasteiger partial charge is 0.101 e. The lowest BCUT2D eigenvalue weighted by Gasteiger charge is -2.23. The van der Waals surface area contributed by atoms with Gasteiger partial charge in [0.25, 0.3) is 0 Å². The molecule has 0 unspecified atom stereocenters. The van der Waals surface area contributed by atoms with Crippen molar-refractivity contribution >= 4 is 11.4 Å². The zero-order valence-electron chi connectivity index (χ0n) is 11.8. The molecule has 3 aromatic rings. The zero-order valence-corrected chi connectivity index (χ0v) is 11.8. The fourth-order valence-corrected chi connectivity index (χ4v) is 2.25. The molecule has 0 bridgehead atoms. The van der Waals surface area contributed by atoms with E-state index in [1.807, 2.05) is 18.2 Å². The van der Waals surface area contributed by atoms with Crippen LogP contribution in [0.2, 0.25) is 0 Å². The predicted octanol–water partition coefficient (Wildman–Crippen LogP) is 5.11. The van der Waals surface area contributed by atoms with Crippen molar-refractivity contribution in [1.82, 2.24) is 0 Å². The molecule has 0 aromatic heterocycles. The van der Waals surface area contributed by atoms with Gasteiger partial charge in [-0.1, -0.05) is 66.7 Å². The summed E-state index contributed by atoms with van der Waals surface area (Å²) in [4.78, 5) is 2.12. The average molecular weight is 271 g/mol. The lowest BCUT2D eigenvalue weighted by Crippen LogP contribution is -2.14. The molecule has 0 amide bonds. The van der Waals surface area contributed by atoms with Crippen LogP contribution in [0.15, 0.2) is 91.0 Å². The number of para-hydroxylation sites is 2. The Labute approximate surface area is 126 Å². The molecule has 102 valence electrons. The molecule has 0 saturated heterocycles. The first-order valence-electron chi connectivity index (χ1n) is 7.11. The van der Waals surface area contributed by atoms with Crippen LogP contribution in [0.1, 0.15) is 5.56 Å². The highest BCUT2D eigenvalue weighted by Gasteiger charge is 2.09. The SMILES string of the molecule is [C](Cc1ccccc1)N(c1ccccc1)c1ccccc1. The lowest BCUT2D eigenvalue weighted by atomic mass is 10.1. The highest BCUT2D eigenvalue weighted by atomic mass is 15.1. The van der Waals surface area contributed by atoms with Gasteiger partial charge in [0.1, 0.15) is 6.54 Å². The van der Waals surface area contributed by atoms with Gasteiger partial charge in [0, 0.05) is 17.8 Å². The third-order valence-electron chi connectivity index (χ3n) is 3.31. The Kier molecular flexibility index (Phi) is 4.33. The average Bonchev–Trinajstić information content (AvgIpc) is 2.58. The minimum Gasteiger partial charge on any atom is -0.330 e. The second-order valence-electron chi connectivity index (χ2n) is 4.83. The number of nitrogens with zero attached hydrogens (tertiary/aromatic N) is 1. The van der Waals surface area contributed by atoms with E-state index in [9.17, 15) is 0 Å². The molecule has 2 radical (unpaired) electrons. The van der Waals surface area contributed by atoms with Gasteiger partial charge in [0.05, 0.1) is 0 Å². The van der Waals surface area contributed by atoms with E-state index in [4.69, 9.17) is 0 Å². The van der Waals surface area contributed by atoms with Crippen LogP contribution < -0.4 is 4.90 Å². The van der Waals surface area contributed by atoms with Crippen molar-refractivity contribution in [1.29, 1.82) is 0 Å². The van der Waals surface area contributed by atoms with Crippen LogP contribution in [-0.2, 0) is 6.42 Å². The molecule has 0 fully saturated rings. The van der Waals surface area contributed by atoms with E-state index >= 15 is 0 Å². The Balaban J connectivity index is 1.83. The molecule has 0 aliphatic heterocycles. The maximum atomic E-state index is 3.50. The third-order valence-corrected chi connectivity index (χ3v) is 3.31. The van der Waals surface area contributed by atoms with Gasteiger partial charge in [-0.05, 0) is 29.8 Å². The molecule has 0 heterocycles. The Morgan fingerprint density at radius 3 is 1.48 bits per heavy atom. The molecule has 0 aliphatic rings. The quantitative estimate of drug-likeness (QED) is 0.583. The molecule has 1 heteroatoms. The largest absolute Gasteiger partial charge is 0.330 e. The summed E-state index contributed by atoms with van der Waals surface area (Å²) in [6.07, 6.45) is 0.782. The summed E-state index contributed by atoms with van der Waals surface area (Å²) in [5.74, 6) is 0. The Hall–Kier alpha value is -2.54. The zero-order chi connectivity index (χ0) is 14.3. The number of anilines is 2. The van der Waals surface area contributed by atoms with Gasteiger partial charge < -0.3 is 4.90 Å². The number of hydrogen-bond acceptors (Lipinski definition) is 1. The van der Waals surface area contributed by atoms with Crippen molar-refractivity contribution < 1.29 is 0 Å². The Morgan fingerprint density at radius 1 is 0.571 bits per heavy atom. The van der Waals surface area contributed by atoms with Crippen LogP contribution in [0.25, 0.3) is 0 Å². The van der Waals surface area contributed by atoms with Crippen LogP contribution in [0.4, 0.5) is 11.4 Å². The topological polar surface area (TPSA) is 3.24 Å². The van der Waals surface area contributed by atoms with Crippen LogP contribution in [0.5, 0.6) is 0 Å². The predicted molar refractivity (Wildman–Crippen MR) is 88.4 cm³/mol. The van der Waals surface area contributed by atoms with Gasteiger partial charge in [-0.3, -0.25) is 0 Å². The lowest BCUT2D eigenvalue weighted by molar-refractivity contribution is 1.04. The summed E-state index contributed by atoms with van der Waals surface area (Å²) in [7, 11) is 0. The van der Waals surface area contributed by atoms with Gasteiger partial charge in [-0.25, -0.2) is 0 Å². The fourth-order valence-electron chi connectivity index (χ4n) is 2.25. The fraction of sp³-hybridized carbons (Fsp3) is 0.0500. The standard InChI is InChI=1S/C20H17N/c1-4-10-18(11-5-1)16-17-21(19-12-6-2-7-13-19)20-14-8-3-9-15-20/h1-15H,16H2. The van der Waals surface area contributed by atoms with Gasteiger partial charge in [-0.15, -0.1) is 0 Å². The van der Waals surface area contributed by atoms with E-state index in [-0.39, 0.29) is 0 Å². The maximum absolute atomic E-state index is 3.50. The monoisotopic (exact) mass is 271 g/mol. The van der Waals surface area contributed by atoms with Crippen molar-refractivity contribution in [2.24, 2.45) is 0 Å².